The Kier molecular flexibility index (Phi) is 12.5. The smallest absolute Gasteiger partial charge is 0.0351 e. The molecule has 0 saturated heterocycles. The molecular weight excluding hydrogens is 180 g/mol. The van der Waals surface area contributed by atoms with Crippen molar-refractivity contribution in [1.82, 2.24) is 0 Å². The van der Waals surface area contributed by atoms with E-state index in [-0.39, 0.29) is 0 Å². The van der Waals surface area contributed by atoms with Gasteiger partial charge in [-0.1, -0.05) is 30.7 Å². The Hall–Kier alpha value is -0.780. The van der Waals surface area contributed by atoms with Crippen molar-refractivity contribution < 1.29 is 0 Å². The number of rotatable bonds is 11. The molecule has 0 aliphatic carbocycles. The second-order valence-corrected chi connectivity index (χ2v) is 3.97. The molecule has 15 heavy (non-hydrogen) atoms. The number of allylic oxidation sites excluding steroid dienone is 4. The first kappa shape index (κ1) is 14.2. The van der Waals surface area contributed by atoms with E-state index in [2.05, 4.69) is 25.3 Å². The minimum Gasteiger partial charge on any atom is -0.103 e. The highest BCUT2D eigenvalue weighted by Crippen LogP contribution is 2.05. The summed E-state index contributed by atoms with van der Waals surface area (Å²) in [5.74, 6) is 0. The monoisotopic (exact) mass is 206 g/mol. The Labute approximate surface area is 95.8 Å². The zero-order valence-corrected chi connectivity index (χ0v) is 10.1. The van der Waals surface area contributed by atoms with Crippen LogP contribution in [0, 0.1) is 0 Å². The molecule has 0 aliphatic rings. The van der Waals surface area contributed by atoms with E-state index in [1.165, 1.54) is 51.4 Å². The topological polar surface area (TPSA) is 0 Å². The Bertz CT molecular complexity index is 165. The summed E-state index contributed by atoms with van der Waals surface area (Å²) in [6.45, 7) is 7.44. The molecule has 0 rings (SSSR count). The fourth-order valence-corrected chi connectivity index (χ4v) is 1.51. The summed E-state index contributed by atoms with van der Waals surface area (Å²) in [4.78, 5) is 0. The van der Waals surface area contributed by atoms with E-state index >= 15 is 0 Å². The van der Waals surface area contributed by atoms with Crippen LogP contribution in [0.1, 0.15) is 57.8 Å². The molecule has 0 nitrogen and oxygen atoms in total. The summed E-state index contributed by atoms with van der Waals surface area (Å²) >= 11 is 0. The normalized spacial score (nSPS) is 10.7. The maximum atomic E-state index is 3.72. The molecule has 0 aromatic carbocycles. The van der Waals surface area contributed by atoms with Crippen LogP contribution >= 0.6 is 0 Å². The summed E-state index contributed by atoms with van der Waals surface area (Å²) in [6.07, 6.45) is 20.1. The lowest BCUT2D eigenvalue weighted by Crippen LogP contribution is -1.75. The molecule has 0 unspecified atom stereocenters. The fourth-order valence-electron chi connectivity index (χ4n) is 1.51. The Morgan fingerprint density at radius 2 is 0.933 bits per heavy atom. The first-order valence-electron chi connectivity index (χ1n) is 6.28. The highest BCUT2D eigenvalue weighted by atomic mass is 13.9. The van der Waals surface area contributed by atoms with Crippen LogP contribution in [0.4, 0.5) is 0 Å². The van der Waals surface area contributed by atoms with Gasteiger partial charge in [-0.05, 0) is 51.4 Å². The van der Waals surface area contributed by atoms with Crippen molar-refractivity contribution in [2.24, 2.45) is 0 Å². The molecule has 0 fully saturated rings. The number of hydrogen-bond donors (Lipinski definition) is 0. The molecule has 0 atom stereocenters. The summed E-state index contributed by atoms with van der Waals surface area (Å²) in [7, 11) is 0. The van der Waals surface area contributed by atoms with Gasteiger partial charge in [0.1, 0.15) is 0 Å². The number of unbranched alkanes of at least 4 members (excludes halogenated alkanes) is 7. The highest BCUT2D eigenvalue weighted by Gasteiger charge is 1.85. The zero-order chi connectivity index (χ0) is 11.2. The standard InChI is InChI=1S/C15H26/c1-3-5-7-9-11-13-15-14-12-10-8-6-4-2/h3-4,13,15H,1-2,5-12,14H2. The molecule has 0 spiro atoms. The van der Waals surface area contributed by atoms with E-state index in [4.69, 9.17) is 0 Å². The van der Waals surface area contributed by atoms with Gasteiger partial charge in [-0.15, -0.1) is 13.2 Å². The van der Waals surface area contributed by atoms with Gasteiger partial charge >= 0.3 is 0 Å². The molecule has 86 valence electrons. The van der Waals surface area contributed by atoms with Crippen molar-refractivity contribution in [3.8, 4) is 0 Å². The van der Waals surface area contributed by atoms with Gasteiger partial charge in [-0.3, -0.25) is 0 Å². The maximum Gasteiger partial charge on any atom is -0.0351 e. The molecule has 0 aliphatic heterocycles. The van der Waals surface area contributed by atoms with Crippen LogP contribution in [0.5, 0.6) is 0 Å². The number of hydrogen-bond acceptors (Lipinski definition) is 0. The van der Waals surface area contributed by atoms with E-state index in [9.17, 15) is 0 Å². The minimum absolute atomic E-state index is 1.16. The van der Waals surface area contributed by atoms with Gasteiger partial charge < -0.3 is 0 Å². The van der Waals surface area contributed by atoms with Gasteiger partial charge in [0, 0.05) is 0 Å². The van der Waals surface area contributed by atoms with Gasteiger partial charge in [0.15, 0.2) is 0 Å². The van der Waals surface area contributed by atoms with Crippen molar-refractivity contribution in [2.45, 2.75) is 57.8 Å². The van der Waals surface area contributed by atoms with Crippen LogP contribution in [-0.2, 0) is 0 Å². The lowest BCUT2D eigenvalue weighted by Gasteiger charge is -1.95. The molecule has 0 amide bonds. The fraction of sp³-hybridized carbons (Fsp3) is 0.600. The van der Waals surface area contributed by atoms with Gasteiger partial charge in [0.25, 0.3) is 0 Å². The Morgan fingerprint density at radius 3 is 1.47 bits per heavy atom. The van der Waals surface area contributed by atoms with E-state index in [0.29, 0.717) is 0 Å². The van der Waals surface area contributed by atoms with Crippen LogP contribution in [0.3, 0.4) is 0 Å². The zero-order valence-electron chi connectivity index (χ0n) is 10.1. The second-order valence-electron chi connectivity index (χ2n) is 3.97. The quantitative estimate of drug-likeness (QED) is 0.312. The first-order valence-corrected chi connectivity index (χ1v) is 6.28. The minimum atomic E-state index is 1.16. The van der Waals surface area contributed by atoms with Crippen LogP contribution < -0.4 is 0 Å². The SMILES string of the molecule is C=CCCCCC=CCCCCCC=C. The molecule has 0 saturated carbocycles. The van der Waals surface area contributed by atoms with Crippen molar-refractivity contribution in [3.05, 3.63) is 37.5 Å². The van der Waals surface area contributed by atoms with Crippen molar-refractivity contribution in [1.29, 1.82) is 0 Å². The van der Waals surface area contributed by atoms with Crippen LogP contribution in [0.25, 0.3) is 0 Å². The first-order chi connectivity index (χ1) is 7.41. The second kappa shape index (κ2) is 13.2. The summed E-state index contributed by atoms with van der Waals surface area (Å²) in [6, 6.07) is 0. The van der Waals surface area contributed by atoms with E-state index in [1.807, 2.05) is 12.2 Å². The third kappa shape index (κ3) is 13.2. The highest BCUT2D eigenvalue weighted by molar-refractivity contribution is 4.81. The summed E-state index contributed by atoms with van der Waals surface area (Å²) in [5, 5.41) is 0. The Morgan fingerprint density at radius 1 is 0.533 bits per heavy atom. The van der Waals surface area contributed by atoms with Crippen molar-refractivity contribution in [2.75, 3.05) is 0 Å². The van der Waals surface area contributed by atoms with Crippen LogP contribution in [0.2, 0.25) is 0 Å². The van der Waals surface area contributed by atoms with Crippen molar-refractivity contribution >= 4 is 0 Å². The Balaban J connectivity index is 3.03. The van der Waals surface area contributed by atoms with Crippen LogP contribution in [0.15, 0.2) is 37.5 Å². The molecule has 0 aromatic rings. The lowest BCUT2D eigenvalue weighted by atomic mass is 10.1. The maximum absolute atomic E-state index is 3.72. The van der Waals surface area contributed by atoms with Gasteiger partial charge in [-0.2, -0.15) is 0 Å². The van der Waals surface area contributed by atoms with Gasteiger partial charge in [-0.25, -0.2) is 0 Å². The average molecular weight is 206 g/mol. The molecule has 0 heteroatoms. The van der Waals surface area contributed by atoms with Gasteiger partial charge in [0.2, 0.25) is 0 Å². The predicted octanol–water partition coefficient (Wildman–Crippen LogP) is 5.43. The summed E-state index contributed by atoms with van der Waals surface area (Å²) in [5.41, 5.74) is 0. The largest absolute Gasteiger partial charge is 0.103 e. The molecule has 0 N–H and O–H groups in total. The molecule has 0 bridgehead atoms. The average Bonchev–Trinajstić information content (AvgIpc) is 2.26. The predicted molar refractivity (Wildman–Crippen MR) is 71.1 cm³/mol. The van der Waals surface area contributed by atoms with E-state index in [0.717, 1.165) is 6.42 Å². The molecular formula is C15H26. The van der Waals surface area contributed by atoms with Gasteiger partial charge in [0.05, 0.1) is 0 Å². The van der Waals surface area contributed by atoms with E-state index in [1.54, 1.807) is 0 Å². The molecule has 0 aromatic heterocycles. The van der Waals surface area contributed by atoms with Crippen molar-refractivity contribution in [3.63, 3.8) is 0 Å². The summed E-state index contributed by atoms with van der Waals surface area (Å²) < 4.78 is 0. The third-order valence-electron chi connectivity index (χ3n) is 2.47. The lowest BCUT2D eigenvalue weighted by molar-refractivity contribution is 0.694. The third-order valence-corrected chi connectivity index (χ3v) is 2.47. The van der Waals surface area contributed by atoms with Crippen LogP contribution in [-0.4, -0.2) is 0 Å². The molecule has 0 radical (unpaired) electrons. The van der Waals surface area contributed by atoms with E-state index < -0.39 is 0 Å². The molecule has 0 heterocycles.